The summed E-state index contributed by atoms with van der Waals surface area (Å²) in [6.07, 6.45) is 1.68. The first-order valence-electron chi connectivity index (χ1n) is 8.54. The zero-order valence-electron chi connectivity index (χ0n) is 15.7. The van der Waals surface area contributed by atoms with Crippen LogP contribution in [0.15, 0.2) is 55.2 Å². The van der Waals surface area contributed by atoms with Crippen molar-refractivity contribution in [1.29, 1.82) is 0 Å². The van der Waals surface area contributed by atoms with Gasteiger partial charge in [0.05, 0.1) is 11.4 Å². The van der Waals surface area contributed by atoms with E-state index in [0.717, 1.165) is 5.56 Å². The molecule has 0 saturated heterocycles. The highest BCUT2D eigenvalue weighted by atomic mass is 16.1. The summed E-state index contributed by atoms with van der Waals surface area (Å²) in [5.41, 5.74) is 3.40. The maximum Gasteiger partial charge on any atom is 0.272 e. The summed E-state index contributed by atoms with van der Waals surface area (Å²) in [5, 5.41) is 7.29. The van der Waals surface area contributed by atoms with Gasteiger partial charge in [-0.15, -0.1) is 0 Å². The Morgan fingerprint density at radius 2 is 1.96 bits per heavy atom. The van der Waals surface area contributed by atoms with E-state index in [9.17, 15) is 4.79 Å². The molecule has 1 amide bonds. The Balaban J connectivity index is 1.88. The predicted molar refractivity (Wildman–Crippen MR) is 106 cm³/mol. The molecule has 0 aliphatic heterocycles. The van der Waals surface area contributed by atoms with Gasteiger partial charge in [-0.1, -0.05) is 36.9 Å². The van der Waals surface area contributed by atoms with E-state index in [-0.39, 0.29) is 5.91 Å². The number of aromatic nitrogens is 4. The van der Waals surface area contributed by atoms with Crippen LogP contribution >= 0.6 is 0 Å². The van der Waals surface area contributed by atoms with Crippen molar-refractivity contribution in [3.8, 4) is 11.4 Å². The summed E-state index contributed by atoms with van der Waals surface area (Å²) >= 11 is 0. The normalized spacial score (nSPS) is 10.5. The molecule has 2 aromatic heterocycles. The number of rotatable bonds is 6. The van der Waals surface area contributed by atoms with Gasteiger partial charge in [0.15, 0.2) is 5.69 Å². The van der Waals surface area contributed by atoms with E-state index in [1.54, 1.807) is 23.0 Å². The van der Waals surface area contributed by atoms with Gasteiger partial charge >= 0.3 is 0 Å². The topological polar surface area (TPSA) is 75.9 Å². The van der Waals surface area contributed by atoms with Gasteiger partial charge in [-0.25, -0.2) is 14.6 Å². The molecule has 138 valence electrons. The van der Waals surface area contributed by atoms with Gasteiger partial charge in [-0.05, 0) is 24.6 Å². The number of carbonyl (C=O) groups excluding carboxylic acids is 1. The first-order valence-corrected chi connectivity index (χ1v) is 8.54. The summed E-state index contributed by atoms with van der Waals surface area (Å²) in [6.45, 7) is 6.22. The van der Waals surface area contributed by atoms with Crippen LogP contribution in [-0.4, -0.2) is 39.8 Å². The van der Waals surface area contributed by atoms with Crippen molar-refractivity contribution < 1.29 is 4.79 Å². The van der Waals surface area contributed by atoms with Crippen LogP contribution in [0.25, 0.3) is 17.1 Å². The Morgan fingerprint density at radius 3 is 2.63 bits per heavy atom. The van der Waals surface area contributed by atoms with E-state index in [4.69, 9.17) is 0 Å². The summed E-state index contributed by atoms with van der Waals surface area (Å²) < 4.78 is 1.62. The molecule has 3 aromatic rings. The molecule has 0 atom stereocenters. The number of nitrogens with one attached hydrogen (secondary N) is 1. The molecule has 0 radical (unpaired) electrons. The number of benzene rings is 1. The SMILES string of the molecule is C=C(C)n1nc(C(=O)NCc2ccccc2)cc1-c1ccnc(N(C)C)n1. The average Bonchev–Trinajstić information content (AvgIpc) is 3.13. The molecule has 1 N–H and O–H groups in total. The van der Waals surface area contributed by atoms with E-state index in [1.165, 1.54) is 0 Å². The molecule has 0 saturated carbocycles. The largest absolute Gasteiger partial charge is 0.347 e. The van der Waals surface area contributed by atoms with Gasteiger partial charge in [0, 0.05) is 32.5 Å². The Labute approximate surface area is 158 Å². The third kappa shape index (κ3) is 4.20. The van der Waals surface area contributed by atoms with Crippen LogP contribution in [0.2, 0.25) is 0 Å². The first kappa shape index (κ1) is 18.3. The molecule has 3 rings (SSSR count). The molecular weight excluding hydrogens is 340 g/mol. The average molecular weight is 362 g/mol. The summed E-state index contributed by atoms with van der Waals surface area (Å²) in [7, 11) is 3.75. The van der Waals surface area contributed by atoms with Gasteiger partial charge in [0.25, 0.3) is 5.91 Å². The number of amides is 1. The quantitative estimate of drug-likeness (QED) is 0.730. The van der Waals surface area contributed by atoms with E-state index >= 15 is 0 Å². The van der Waals surface area contributed by atoms with Crippen LogP contribution < -0.4 is 10.2 Å². The van der Waals surface area contributed by atoms with Crippen molar-refractivity contribution in [2.24, 2.45) is 0 Å². The Kier molecular flexibility index (Phi) is 5.30. The number of anilines is 1. The first-order chi connectivity index (χ1) is 13.0. The second-order valence-corrected chi connectivity index (χ2v) is 6.37. The fourth-order valence-electron chi connectivity index (χ4n) is 2.54. The highest BCUT2D eigenvalue weighted by Crippen LogP contribution is 2.22. The minimum atomic E-state index is -0.248. The van der Waals surface area contributed by atoms with E-state index in [1.807, 2.05) is 56.3 Å². The molecule has 0 unspecified atom stereocenters. The number of nitrogens with zero attached hydrogens (tertiary/aromatic N) is 5. The second-order valence-electron chi connectivity index (χ2n) is 6.37. The van der Waals surface area contributed by atoms with E-state index in [2.05, 4.69) is 27.0 Å². The fourth-order valence-corrected chi connectivity index (χ4v) is 2.54. The van der Waals surface area contributed by atoms with Crippen molar-refractivity contribution >= 4 is 17.6 Å². The summed E-state index contributed by atoms with van der Waals surface area (Å²) in [4.78, 5) is 23.1. The minimum absolute atomic E-state index is 0.248. The molecule has 0 aliphatic rings. The second kappa shape index (κ2) is 7.82. The zero-order chi connectivity index (χ0) is 19.4. The molecular formula is C20H22N6O. The Morgan fingerprint density at radius 1 is 1.22 bits per heavy atom. The smallest absolute Gasteiger partial charge is 0.272 e. The number of hydrogen-bond acceptors (Lipinski definition) is 5. The molecule has 27 heavy (non-hydrogen) atoms. The van der Waals surface area contributed by atoms with Crippen LogP contribution in [0.1, 0.15) is 23.0 Å². The molecule has 0 spiro atoms. The van der Waals surface area contributed by atoms with Crippen LogP contribution in [-0.2, 0) is 6.54 Å². The van der Waals surface area contributed by atoms with E-state index < -0.39 is 0 Å². The lowest BCUT2D eigenvalue weighted by Crippen LogP contribution is -2.23. The Bertz CT molecular complexity index is 962. The monoisotopic (exact) mass is 362 g/mol. The summed E-state index contributed by atoms with van der Waals surface area (Å²) in [6, 6.07) is 13.2. The number of allylic oxidation sites excluding steroid dienone is 1. The standard InChI is InChI=1S/C20H22N6O/c1-14(2)26-18(16-10-11-21-20(23-16)25(3)4)12-17(24-26)19(27)22-13-15-8-6-5-7-9-15/h5-12H,1,13H2,2-4H3,(H,22,27). The fraction of sp³-hybridized carbons (Fsp3) is 0.200. The predicted octanol–water partition coefficient (Wildman–Crippen LogP) is 2.83. The van der Waals surface area contributed by atoms with Crippen molar-refractivity contribution in [3.63, 3.8) is 0 Å². The maximum atomic E-state index is 12.6. The Hall–Kier alpha value is -3.48. The van der Waals surface area contributed by atoms with Crippen molar-refractivity contribution in [2.45, 2.75) is 13.5 Å². The van der Waals surface area contributed by atoms with Crippen LogP contribution in [0.4, 0.5) is 5.95 Å². The molecule has 0 aliphatic carbocycles. The van der Waals surface area contributed by atoms with Gasteiger partial charge in [0.2, 0.25) is 5.95 Å². The minimum Gasteiger partial charge on any atom is -0.347 e. The van der Waals surface area contributed by atoms with Gasteiger partial charge in [-0.3, -0.25) is 4.79 Å². The highest BCUT2D eigenvalue weighted by Gasteiger charge is 2.17. The van der Waals surface area contributed by atoms with Gasteiger partial charge in [-0.2, -0.15) is 5.10 Å². The molecule has 1 aromatic carbocycles. The number of carbonyl (C=O) groups is 1. The molecule has 7 heteroatoms. The molecule has 7 nitrogen and oxygen atoms in total. The molecule has 0 fully saturated rings. The lowest BCUT2D eigenvalue weighted by Gasteiger charge is -2.11. The third-order valence-corrected chi connectivity index (χ3v) is 3.90. The van der Waals surface area contributed by atoms with Crippen LogP contribution in [0.5, 0.6) is 0 Å². The zero-order valence-corrected chi connectivity index (χ0v) is 15.7. The van der Waals surface area contributed by atoms with Crippen molar-refractivity contribution in [3.05, 3.63) is 66.5 Å². The van der Waals surface area contributed by atoms with E-state index in [0.29, 0.717) is 35.3 Å². The van der Waals surface area contributed by atoms with Crippen molar-refractivity contribution in [2.75, 3.05) is 19.0 Å². The highest BCUT2D eigenvalue weighted by molar-refractivity contribution is 5.93. The number of hydrogen-bond donors (Lipinski definition) is 1. The molecule has 0 bridgehead atoms. The van der Waals surface area contributed by atoms with Crippen LogP contribution in [0, 0.1) is 0 Å². The van der Waals surface area contributed by atoms with Gasteiger partial charge < -0.3 is 10.2 Å². The summed E-state index contributed by atoms with van der Waals surface area (Å²) in [5.74, 6) is 0.332. The lowest BCUT2D eigenvalue weighted by atomic mass is 10.2. The third-order valence-electron chi connectivity index (χ3n) is 3.90. The van der Waals surface area contributed by atoms with Crippen LogP contribution in [0.3, 0.4) is 0 Å². The maximum absolute atomic E-state index is 12.6. The van der Waals surface area contributed by atoms with Gasteiger partial charge in [0.1, 0.15) is 0 Å². The van der Waals surface area contributed by atoms with Crippen molar-refractivity contribution in [1.82, 2.24) is 25.1 Å². The lowest BCUT2D eigenvalue weighted by molar-refractivity contribution is 0.0945. The molecule has 2 heterocycles.